The molecule has 2 aromatic carbocycles. The fourth-order valence-electron chi connectivity index (χ4n) is 2.91. The number of nitrogens with two attached hydrogens (primary N) is 1. The fourth-order valence-corrected chi connectivity index (χ4v) is 3.78. The van der Waals surface area contributed by atoms with Crippen LogP contribution in [-0.4, -0.2) is 25.2 Å². The highest BCUT2D eigenvalue weighted by molar-refractivity contribution is 7.15. The lowest BCUT2D eigenvalue weighted by molar-refractivity contribution is -0.137. The zero-order chi connectivity index (χ0) is 21.0. The summed E-state index contributed by atoms with van der Waals surface area (Å²) in [5.41, 5.74) is 5.98. The van der Waals surface area contributed by atoms with Crippen LogP contribution in [0.15, 0.2) is 48.5 Å². The Balaban J connectivity index is 1.99. The van der Waals surface area contributed by atoms with Crippen molar-refractivity contribution in [2.75, 3.05) is 30.9 Å². The second-order valence-corrected chi connectivity index (χ2v) is 7.42. The molecule has 0 saturated carbocycles. The van der Waals surface area contributed by atoms with Crippen molar-refractivity contribution in [2.45, 2.75) is 12.7 Å². The van der Waals surface area contributed by atoms with E-state index in [2.05, 4.69) is 4.98 Å². The SMILES string of the molecule is COCCN(Cc1sc(N)nc1-c1cc(F)cc(C(F)(F)F)c1)c1ccccc1. The maximum Gasteiger partial charge on any atom is 0.416 e. The van der Waals surface area contributed by atoms with Crippen molar-refractivity contribution >= 4 is 22.2 Å². The fraction of sp³-hybridized carbons (Fsp3) is 0.250. The second kappa shape index (κ2) is 8.79. The normalized spacial score (nSPS) is 11.6. The van der Waals surface area contributed by atoms with Gasteiger partial charge in [0.05, 0.1) is 29.3 Å². The molecule has 0 amide bonds. The van der Waals surface area contributed by atoms with Crippen molar-refractivity contribution in [3.63, 3.8) is 0 Å². The Kier molecular flexibility index (Phi) is 6.39. The number of thiazole rings is 1. The standard InChI is InChI=1S/C20H19F4N3OS/c1-28-8-7-27(16-5-3-2-4-6-16)12-17-18(26-19(25)29-17)13-9-14(20(22,23)24)11-15(21)10-13/h2-6,9-11H,7-8,12H2,1H3,(H2,25,26). The number of benzene rings is 2. The van der Waals surface area contributed by atoms with Crippen LogP contribution in [0, 0.1) is 5.82 Å². The predicted octanol–water partition coefficient (Wildman–Crippen LogP) is 5.20. The zero-order valence-electron chi connectivity index (χ0n) is 15.5. The number of para-hydroxylation sites is 1. The Morgan fingerprint density at radius 3 is 2.52 bits per heavy atom. The number of nitrogen functional groups attached to an aromatic ring is 1. The number of ether oxygens (including phenoxy) is 1. The van der Waals surface area contributed by atoms with Gasteiger partial charge in [0.1, 0.15) is 5.82 Å². The summed E-state index contributed by atoms with van der Waals surface area (Å²) in [6, 6.07) is 11.9. The van der Waals surface area contributed by atoms with Gasteiger partial charge in [-0.25, -0.2) is 9.37 Å². The van der Waals surface area contributed by atoms with Gasteiger partial charge < -0.3 is 15.4 Å². The van der Waals surface area contributed by atoms with Gasteiger partial charge >= 0.3 is 6.18 Å². The van der Waals surface area contributed by atoms with Gasteiger partial charge in [0.2, 0.25) is 0 Å². The highest BCUT2D eigenvalue weighted by atomic mass is 32.1. The minimum atomic E-state index is -4.66. The Morgan fingerprint density at radius 2 is 1.86 bits per heavy atom. The largest absolute Gasteiger partial charge is 0.416 e. The van der Waals surface area contributed by atoms with Crippen LogP contribution in [0.4, 0.5) is 28.4 Å². The summed E-state index contributed by atoms with van der Waals surface area (Å²) in [5.74, 6) is -0.980. The van der Waals surface area contributed by atoms with Gasteiger partial charge in [-0.05, 0) is 30.3 Å². The van der Waals surface area contributed by atoms with Gasteiger partial charge in [0, 0.05) is 24.9 Å². The minimum Gasteiger partial charge on any atom is -0.383 e. The molecule has 4 nitrogen and oxygen atoms in total. The highest BCUT2D eigenvalue weighted by Crippen LogP contribution is 2.36. The molecule has 0 aliphatic carbocycles. The lowest BCUT2D eigenvalue weighted by atomic mass is 10.1. The Morgan fingerprint density at radius 1 is 1.14 bits per heavy atom. The third kappa shape index (κ3) is 5.24. The molecule has 29 heavy (non-hydrogen) atoms. The molecule has 0 fully saturated rings. The van der Waals surface area contributed by atoms with Crippen LogP contribution in [0.1, 0.15) is 10.4 Å². The summed E-state index contributed by atoms with van der Waals surface area (Å²) in [4.78, 5) is 6.82. The summed E-state index contributed by atoms with van der Waals surface area (Å²) in [6.45, 7) is 1.35. The molecule has 0 unspecified atom stereocenters. The number of hydrogen-bond donors (Lipinski definition) is 1. The Labute approximate surface area is 169 Å². The zero-order valence-corrected chi connectivity index (χ0v) is 16.4. The van der Waals surface area contributed by atoms with Crippen LogP contribution in [0.25, 0.3) is 11.3 Å². The maximum absolute atomic E-state index is 13.9. The maximum atomic E-state index is 13.9. The van der Waals surface area contributed by atoms with Crippen molar-refractivity contribution in [3.05, 3.63) is 64.8 Å². The van der Waals surface area contributed by atoms with Gasteiger partial charge in [0.15, 0.2) is 5.13 Å². The van der Waals surface area contributed by atoms with Gasteiger partial charge in [-0.2, -0.15) is 13.2 Å². The third-order valence-electron chi connectivity index (χ3n) is 4.23. The number of hydrogen-bond acceptors (Lipinski definition) is 5. The van der Waals surface area contributed by atoms with Gasteiger partial charge in [-0.1, -0.05) is 29.5 Å². The highest BCUT2D eigenvalue weighted by Gasteiger charge is 2.32. The number of nitrogens with zero attached hydrogens (tertiary/aromatic N) is 2. The second-order valence-electron chi connectivity index (χ2n) is 6.30. The smallest absolute Gasteiger partial charge is 0.383 e. The van der Waals surface area contributed by atoms with E-state index in [-0.39, 0.29) is 16.4 Å². The Bertz CT molecular complexity index is 960. The van der Waals surface area contributed by atoms with E-state index >= 15 is 0 Å². The first-order valence-corrected chi connectivity index (χ1v) is 9.52. The van der Waals surface area contributed by atoms with E-state index in [4.69, 9.17) is 10.5 Å². The van der Waals surface area contributed by atoms with Crippen molar-refractivity contribution in [1.29, 1.82) is 0 Å². The molecule has 3 aromatic rings. The number of methoxy groups -OCH3 is 1. The molecule has 0 radical (unpaired) electrons. The van der Waals surface area contributed by atoms with Crippen molar-refractivity contribution in [1.82, 2.24) is 4.98 Å². The molecule has 0 aliphatic rings. The number of alkyl halides is 3. The number of anilines is 2. The molecule has 3 rings (SSSR count). The molecule has 0 atom stereocenters. The van der Waals surface area contributed by atoms with E-state index < -0.39 is 17.6 Å². The molecule has 154 valence electrons. The molecule has 0 spiro atoms. The van der Waals surface area contributed by atoms with E-state index in [9.17, 15) is 17.6 Å². The summed E-state index contributed by atoms with van der Waals surface area (Å²) in [6.07, 6.45) is -4.66. The summed E-state index contributed by atoms with van der Waals surface area (Å²) < 4.78 is 58.4. The molecule has 0 aliphatic heterocycles. The summed E-state index contributed by atoms with van der Waals surface area (Å²) in [7, 11) is 1.59. The van der Waals surface area contributed by atoms with E-state index in [0.717, 1.165) is 17.8 Å². The van der Waals surface area contributed by atoms with Gasteiger partial charge in [-0.15, -0.1) is 0 Å². The minimum absolute atomic E-state index is 0.0417. The lowest BCUT2D eigenvalue weighted by Crippen LogP contribution is -2.26. The van der Waals surface area contributed by atoms with Crippen LogP contribution in [0.3, 0.4) is 0 Å². The van der Waals surface area contributed by atoms with E-state index in [1.807, 2.05) is 35.2 Å². The third-order valence-corrected chi connectivity index (χ3v) is 5.10. The van der Waals surface area contributed by atoms with E-state index in [1.54, 1.807) is 7.11 Å². The average molecular weight is 425 g/mol. The van der Waals surface area contributed by atoms with Gasteiger partial charge in [-0.3, -0.25) is 0 Å². The van der Waals surface area contributed by atoms with Crippen LogP contribution >= 0.6 is 11.3 Å². The van der Waals surface area contributed by atoms with Crippen molar-refractivity contribution in [3.8, 4) is 11.3 Å². The topological polar surface area (TPSA) is 51.4 Å². The number of aromatic nitrogens is 1. The van der Waals surface area contributed by atoms with Crippen molar-refractivity contribution in [2.24, 2.45) is 0 Å². The first-order chi connectivity index (χ1) is 13.8. The summed E-state index contributed by atoms with van der Waals surface area (Å²) in [5, 5.41) is 0.201. The molecule has 1 heterocycles. The quantitative estimate of drug-likeness (QED) is 0.529. The molecule has 0 bridgehead atoms. The number of rotatable bonds is 7. The van der Waals surface area contributed by atoms with Crippen molar-refractivity contribution < 1.29 is 22.3 Å². The van der Waals surface area contributed by atoms with E-state index in [1.165, 1.54) is 11.3 Å². The van der Waals surface area contributed by atoms with Crippen LogP contribution in [0.5, 0.6) is 0 Å². The molecule has 1 aromatic heterocycles. The predicted molar refractivity (Wildman–Crippen MR) is 106 cm³/mol. The van der Waals surface area contributed by atoms with Gasteiger partial charge in [0.25, 0.3) is 0 Å². The Hall–Kier alpha value is -2.65. The molecule has 0 saturated heterocycles. The molecular weight excluding hydrogens is 406 g/mol. The van der Waals surface area contributed by atoms with E-state index in [0.29, 0.717) is 30.6 Å². The molecular formula is C20H19F4N3OS. The van der Waals surface area contributed by atoms with Crippen LogP contribution in [0.2, 0.25) is 0 Å². The molecule has 9 heteroatoms. The number of halogens is 4. The van der Waals surface area contributed by atoms with Crippen LogP contribution in [-0.2, 0) is 17.5 Å². The molecule has 2 N–H and O–H groups in total. The monoisotopic (exact) mass is 425 g/mol. The summed E-state index contributed by atoms with van der Waals surface area (Å²) >= 11 is 1.17. The first-order valence-electron chi connectivity index (χ1n) is 8.70. The lowest BCUT2D eigenvalue weighted by Gasteiger charge is -2.24. The average Bonchev–Trinajstić information content (AvgIpc) is 3.05. The van der Waals surface area contributed by atoms with Crippen LogP contribution < -0.4 is 10.6 Å². The first kappa shape index (κ1) is 21.1.